The van der Waals surface area contributed by atoms with Crippen LogP contribution in [0.1, 0.15) is 18.4 Å². The molecule has 1 saturated heterocycles. The number of aryl methyl sites for hydroxylation is 1. The SMILES string of the molecule is Cn1c(=O)c(-c2ccccc2)nn(CCCCN2CCN(c3cccc(C(F)(F)F)c3)CC2)c1=O. The number of piperazine rings is 1. The van der Waals surface area contributed by atoms with Crippen LogP contribution in [0.4, 0.5) is 18.9 Å². The summed E-state index contributed by atoms with van der Waals surface area (Å²) in [7, 11) is 1.46. The van der Waals surface area contributed by atoms with Crippen LogP contribution in [0.15, 0.2) is 64.2 Å². The highest BCUT2D eigenvalue weighted by atomic mass is 19.4. The maximum atomic E-state index is 13.0. The van der Waals surface area contributed by atoms with E-state index < -0.39 is 23.0 Å². The van der Waals surface area contributed by atoms with Crippen LogP contribution in [-0.2, 0) is 19.8 Å². The molecule has 7 nitrogen and oxygen atoms in total. The maximum Gasteiger partial charge on any atom is 0.416 e. The van der Waals surface area contributed by atoms with E-state index in [1.165, 1.54) is 23.9 Å². The van der Waals surface area contributed by atoms with Gasteiger partial charge in [0.05, 0.1) is 5.56 Å². The van der Waals surface area contributed by atoms with Crippen molar-refractivity contribution in [2.45, 2.75) is 25.6 Å². The predicted octanol–water partition coefficient (Wildman–Crippen LogP) is 3.23. The molecule has 0 unspecified atom stereocenters. The highest BCUT2D eigenvalue weighted by Crippen LogP contribution is 2.31. The molecule has 1 aromatic heterocycles. The molecule has 1 fully saturated rings. The molecular weight excluding hydrogens is 459 g/mol. The van der Waals surface area contributed by atoms with E-state index >= 15 is 0 Å². The summed E-state index contributed by atoms with van der Waals surface area (Å²) in [5.41, 5.74) is 0.0170. The van der Waals surface area contributed by atoms with Gasteiger partial charge in [-0.15, -0.1) is 0 Å². The summed E-state index contributed by atoms with van der Waals surface area (Å²) in [6, 6.07) is 14.5. The van der Waals surface area contributed by atoms with Crippen molar-refractivity contribution >= 4 is 5.69 Å². The highest BCUT2D eigenvalue weighted by Gasteiger charge is 2.31. The smallest absolute Gasteiger partial charge is 0.369 e. The molecule has 0 saturated carbocycles. The zero-order valence-corrected chi connectivity index (χ0v) is 19.5. The molecule has 0 radical (unpaired) electrons. The first-order valence-electron chi connectivity index (χ1n) is 11.6. The maximum absolute atomic E-state index is 13.0. The van der Waals surface area contributed by atoms with Crippen molar-refractivity contribution in [1.82, 2.24) is 19.2 Å². The van der Waals surface area contributed by atoms with Crippen molar-refractivity contribution in [2.24, 2.45) is 7.05 Å². The van der Waals surface area contributed by atoms with Gasteiger partial charge in [-0.3, -0.25) is 14.3 Å². The van der Waals surface area contributed by atoms with Crippen molar-refractivity contribution in [3.63, 3.8) is 0 Å². The minimum atomic E-state index is -4.35. The number of benzene rings is 2. The minimum Gasteiger partial charge on any atom is -0.369 e. The zero-order valence-electron chi connectivity index (χ0n) is 19.5. The molecule has 186 valence electrons. The van der Waals surface area contributed by atoms with Crippen LogP contribution in [-0.4, -0.2) is 52.0 Å². The Bertz CT molecular complexity index is 1260. The third-order valence-corrected chi connectivity index (χ3v) is 6.29. The lowest BCUT2D eigenvalue weighted by atomic mass is 10.1. The molecule has 2 heterocycles. The van der Waals surface area contributed by atoms with Gasteiger partial charge in [-0.05, 0) is 37.6 Å². The topological polar surface area (TPSA) is 63.4 Å². The number of halogens is 3. The Morgan fingerprint density at radius 2 is 1.57 bits per heavy atom. The number of nitrogens with zero attached hydrogens (tertiary/aromatic N) is 5. The van der Waals surface area contributed by atoms with Gasteiger partial charge in [0, 0.05) is 51.0 Å². The summed E-state index contributed by atoms with van der Waals surface area (Å²) in [6.45, 7) is 4.05. The lowest BCUT2D eigenvalue weighted by Gasteiger charge is -2.36. The van der Waals surface area contributed by atoms with Crippen LogP contribution in [0.25, 0.3) is 11.3 Å². The Morgan fingerprint density at radius 1 is 0.886 bits per heavy atom. The van der Waals surface area contributed by atoms with Crippen LogP contribution < -0.4 is 16.1 Å². The molecule has 0 aliphatic carbocycles. The second-order valence-corrected chi connectivity index (χ2v) is 8.67. The molecule has 3 aromatic rings. The Morgan fingerprint density at radius 3 is 2.26 bits per heavy atom. The number of alkyl halides is 3. The molecule has 35 heavy (non-hydrogen) atoms. The zero-order chi connectivity index (χ0) is 25.0. The van der Waals surface area contributed by atoms with E-state index in [9.17, 15) is 22.8 Å². The molecule has 2 aromatic carbocycles. The fraction of sp³-hybridized carbons (Fsp3) is 0.400. The van der Waals surface area contributed by atoms with E-state index in [0.29, 0.717) is 37.3 Å². The van der Waals surface area contributed by atoms with Crippen molar-refractivity contribution in [3.05, 3.63) is 81.0 Å². The van der Waals surface area contributed by atoms with E-state index in [1.54, 1.807) is 18.2 Å². The first kappa shape index (κ1) is 24.7. The van der Waals surface area contributed by atoms with Crippen molar-refractivity contribution in [2.75, 3.05) is 37.6 Å². The lowest BCUT2D eigenvalue weighted by Crippen LogP contribution is -2.46. The van der Waals surface area contributed by atoms with Gasteiger partial charge in [-0.1, -0.05) is 36.4 Å². The summed E-state index contributed by atoms with van der Waals surface area (Å²) in [4.78, 5) is 29.3. The van der Waals surface area contributed by atoms with Crippen LogP contribution in [0.3, 0.4) is 0 Å². The van der Waals surface area contributed by atoms with E-state index in [2.05, 4.69) is 10.00 Å². The molecule has 0 amide bonds. The van der Waals surface area contributed by atoms with E-state index in [1.807, 2.05) is 23.1 Å². The first-order valence-corrected chi connectivity index (χ1v) is 11.6. The van der Waals surface area contributed by atoms with Gasteiger partial charge >= 0.3 is 11.9 Å². The highest BCUT2D eigenvalue weighted by molar-refractivity contribution is 5.57. The quantitative estimate of drug-likeness (QED) is 0.479. The van der Waals surface area contributed by atoms with E-state index in [-0.39, 0.29) is 5.69 Å². The average molecular weight is 488 g/mol. The predicted molar refractivity (Wildman–Crippen MR) is 129 cm³/mol. The Hall–Kier alpha value is -3.40. The molecule has 1 aliphatic rings. The van der Waals surface area contributed by atoms with Crippen LogP contribution in [0, 0.1) is 0 Å². The Kier molecular flexibility index (Phi) is 7.39. The van der Waals surface area contributed by atoms with Gasteiger partial charge < -0.3 is 4.90 Å². The van der Waals surface area contributed by atoms with Crippen LogP contribution >= 0.6 is 0 Å². The monoisotopic (exact) mass is 487 g/mol. The normalized spacial score (nSPS) is 14.9. The summed E-state index contributed by atoms with van der Waals surface area (Å²) in [5, 5.41) is 4.33. The third-order valence-electron chi connectivity index (χ3n) is 6.29. The molecular formula is C25H28F3N5O2. The van der Waals surface area contributed by atoms with Crippen LogP contribution in [0.5, 0.6) is 0 Å². The van der Waals surface area contributed by atoms with Gasteiger partial charge in [0.15, 0.2) is 5.69 Å². The minimum absolute atomic E-state index is 0.249. The summed E-state index contributed by atoms with van der Waals surface area (Å²) in [5.74, 6) is 0. The summed E-state index contributed by atoms with van der Waals surface area (Å²) < 4.78 is 41.4. The van der Waals surface area contributed by atoms with E-state index in [4.69, 9.17) is 0 Å². The fourth-order valence-corrected chi connectivity index (χ4v) is 4.25. The Labute approximate surface area is 201 Å². The molecule has 0 N–H and O–H groups in total. The van der Waals surface area contributed by atoms with Gasteiger partial charge in [0.2, 0.25) is 0 Å². The molecule has 0 bridgehead atoms. The first-order chi connectivity index (χ1) is 16.7. The number of hydrogen-bond acceptors (Lipinski definition) is 5. The lowest BCUT2D eigenvalue weighted by molar-refractivity contribution is -0.137. The van der Waals surface area contributed by atoms with Crippen LogP contribution in [0.2, 0.25) is 0 Å². The van der Waals surface area contributed by atoms with Gasteiger partial charge in [0.25, 0.3) is 5.56 Å². The third kappa shape index (κ3) is 5.82. The van der Waals surface area contributed by atoms with Gasteiger partial charge in [-0.25, -0.2) is 9.48 Å². The van der Waals surface area contributed by atoms with Crippen molar-refractivity contribution in [1.29, 1.82) is 0 Å². The average Bonchev–Trinajstić information content (AvgIpc) is 2.87. The van der Waals surface area contributed by atoms with Crippen molar-refractivity contribution < 1.29 is 13.2 Å². The van der Waals surface area contributed by atoms with Gasteiger partial charge in [-0.2, -0.15) is 18.3 Å². The fourth-order valence-electron chi connectivity index (χ4n) is 4.25. The molecule has 10 heteroatoms. The largest absolute Gasteiger partial charge is 0.416 e. The number of unbranched alkanes of at least 4 members (excludes halogenated alkanes) is 1. The molecule has 0 spiro atoms. The van der Waals surface area contributed by atoms with Crippen molar-refractivity contribution in [3.8, 4) is 11.3 Å². The number of rotatable bonds is 7. The second-order valence-electron chi connectivity index (χ2n) is 8.67. The number of anilines is 1. The molecule has 1 aliphatic heterocycles. The number of hydrogen-bond donors (Lipinski definition) is 0. The number of aromatic nitrogens is 3. The summed E-state index contributed by atoms with van der Waals surface area (Å²) in [6.07, 6.45) is -2.80. The molecule has 0 atom stereocenters. The Balaban J connectivity index is 1.30. The van der Waals surface area contributed by atoms with E-state index in [0.717, 1.165) is 36.7 Å². The second kappa shape index (κ2) is 10.5. The van der Waals surface area contributed by atoms with Gasteiger partial charge in [0.1, 0.15) is 0 Å². The standard InChI is InChI=1S/C25H28F3N5O2/c1-30-23(34)22(19-8-3-2-4-9-19)29-33(24(30)35)13-6-5-12-31-14-16-32(17-15-31)21-11-7-10-20(18-21)25(26,27)28/h2-4,7-11,18H,5-6,12-17H2,1H3. The molecule has 4 rings (SSSR count). The summed E-state index contributed by atoms with van der Waals surface area (Å²) >= 11 is 0.